The van der Waals surface area contributed by atoms with Gasteiger partial charge in [-0.3, -0.25) is 0 Å². The lowest BCUT2D eigenvalue weighted by atomic mass is 10.2. The number of rotatable bonds is 4. The lowest BCUT2D eigenvalue weighted by molar-refractivity contribution is 0.242. The number of hydrogen-bond donors (Lipinski definition) is 0. The Bertz CT molecular complexity index is 808. The molecule has 0 fully saturated rings. The van der Waals surface area contributed by atoms with Gasteiger partial charge in [-0.1, -0.05) is 40.5 Å². The first-order valence-corrected chi connectivity index (χ1v) is 7.84. The highest BCUT2D eigenvalue weighted by molar-refractivity contribution is 9.10. The molecule has 4 nitrogen and oxygen atoms in total. The van der Waals surface area contributed by atoms with E-state index in [0.717, 1.165) is 4.47 Å². The van der Waals surface area contributed by atoms with Gasteiger partial charge in [-0.25, -0.2) is 0 Å². The van der Waals surface area contributed by atoms with E-state index in [1.165, 1.54) is 0 Å². The second-order valence-electron chi connectivity index (χ2n) is 4.35. The van der Waals surface area contributed by atoms with Gasteiger partial charge in [0.2, 0.25) is 5.82 Å². The molecule has 0 atom stereocenters. The van der Waals surface area contributed by atoms with E-state index in [1.54, 1.807) is 24.3 Å². The van der Waals surface area contributed by atoms with Crippen molar-refractivity contribution in [2.75, 3.05) is 0 Å². The Balaban J connectivity index is 1.74. The van der Waals surface area contributed by atoms with Crippen LogP contribution in [0.25, 0.3) is 11.4 Å². The Kier molecular flexibility index (Phi) is 4.66. The van der Waals surface area contributed by atoms with E-state index in [4.69, 9.17) is 32.5 Å². The molecule has 0 radical (unpaired) electrons. The minimum atomic E-state index is 0.150. The zero-order chi connectivity index (χ0) is 15.5. The summed E-state index contributed by atoms with van der Waals surface area (Å²) >= 11 is 15.4. The quantitative estimate of drug-likeness (QED) is 0.590. The van der Waals surface area contributed by atoms with Gasteiger partial charge in [0.05, 0.1) is 9.50 Å². The molecule has 0 N–H and O–H groups in total. The lowest BCUT2D eigenvalue weighted by Gasteiger charge is -2.05. The number of aromatic nitrogens is 2. The summed E-state index contributed by atoms with van der Waals surface area (Å²) in [4.78, 5) is 4.28. The molecule has 22 heavy (non-hydrogen) atoms. The molecule has 0 aliphatic rings. The number of halogens is 3. The molecule has 0 unspecified atom stereocenters. The average Bonchev–Trinajstić information content (AvgIpc) is 2.95. The minimum absolute atomic E-state index is 0.150. The molecule has 0 spiro atoms. The summed E-state index contributed by atoms with van der Waals surface area (Å²) in [7, 11) is 0. The summed E-state index contributed by atoms with van der Waals surface area (Å²) in [5.41, 5.74) is 0.715. The van der Waals surface area contributed by atoms with Gasteiger partial charge in [-0.2, -0.15) is 4.98 Å². The molecule has 1 heterocycles. The maximum atomic E-state index is 6.10. The molecule has 0 amide bonds. The Hall–Kier alpha value is -1.56. The molecule has 3 aromatic rings. The predicted molar refractivity (Wildman–Crippen MR) is 88.2 cm³/mol. The molecule has 112 valence electrons. The van der Waals surface area contributed by atoms with E-state index < -0.39 is 0 Å². The summed E-state index contributed by atoms with van der Waals surface area (Å²) in [6.07, 6.45) is 0. The van der Waals surface area contributed by atoms with Crippen molar-refractivity contribution in [1.82, 2.24) is 10.1 Å². The molecular weight excluding hydrogens is 391 g/mol. The van der Waals surface area contributed by atoms with Crippen LogP contribution < -0.4 is 4.74 Å². The van der Waals surface area contributed by atoms with Crippen LogP contribution in [0, 0.1) is 0 Å². The number of benzene rings is 2. The molecule has 0 saturated carbocycles. The smallest absolute Gasteiger partial charge is 0.264 e. The van der Waals surface area contributed by atoms with Crippen molar-refractivity contribution < 1.29 is 9.26 Å². The van der Waals surface area contributed by atoms with Gasteiger partial charge in [0, 0.05) is 10.6 Å². The highest BCUT2D eigenvalue weighted by Gasteiger charge is 2.12. The minimum Gasteiger partial charge on any atom is -0.483 e. The van der Waals surface area contributed by atoms with Crippen molar-refractivity contribution >= 4 is 39.1 Å². The summed E-state index contributed by atoms with van der Waals surface area (Å²) in [5, 5.41) is 5.10. The SMILES string of the molecule is Clc1ccc(OCc2nc(-c3ccccc3Cl)no2)c(Br)c1. The third-order valence-electron chi connectivity index (χ3n) is 2.83. The van der Waals surface area contributed by atoms with Crippen LogP contribution in [-0.2, 0) is 6.61 Å². The van der Waals surface area contributed by atoms with Gasteiger partial charge in [-0.15, -0.1) is 0 Å². The van der Waals surface area contributed by atoms with Crippen LogP contribution in [0.2, 0.25) is 10.0 Å². The van der Waals surface area contributed by atoms with Gasteiger partial charge in [0.15, 0.2) is 6.61 Å². The van der Waals surface area contributed by atoms with Crippen LogP contribution in [0.3, 0.4) is 0 Å². The van der Waals surface area contributed by atoms with Crippen LogP contribution in [0.1, 0.15) is 5.89 Å². The van der Waals surface area contributed by atoms with E-state index in [0.29, 0.717) is 33.1 Å². The number of nitrogens with zero attached hydrogens (tertiary/aromatic N) is 2. The van der Waals surface area contributed by atoms with E-state index in [1.807, 2.05) is 18.2 Å². The highest BCUT2D eigenvalue weighted by Crippen LogP contribution is 2.29. The number of hydrogen-bond acceptors (Lipinski definition) is 4. The van der Waals surface area contributed by atoms with E-state index >= 15 is 0 Å². The van der Waals surface area contributed by atoms with Crippen LogP contribution in [0.5, 0.6) is 5.75 Å². The Morgan fingerprint density at radius 2 is 1.95 bits per heavy atom. The average molecular weight is 400 g/mol. The third-order valence-corrected chi connectivity index (χ3v) is 4.01. The van der Waals surface area contributed by atoms with Crippen molar-refractivity contribution in [3.63, 3.8) is 0 Å². The second kappa shape index (κ2) is 6.69. The van der Waals surface area contributed by atoms with Crippen molar-refractivity contribution in [1.29, 1.82) is 0 Å². The molecule has 3 rings (SSSR count). The molecule has 2 aromatic carbocycles. The van der Waals surface area contributed by atoms with Crippen molar-refractivity contribution in [3.8, 4) is 17.1 Å². The summed E-state index contributed by atoms with van der Waals surface area (Å²) in [6, 6.07) is 12.6. The fourth-order valence-corrected chi connectivity index (χ4v) is 2.81. The first kappa shape index (κ1) is 15.3. The first-order valence-electron chi connectivity index (χ1n) is 6.29. The highest BCUT2D eigenvalue weighted by atomic mass is 79.9. The monoisotopic (exact) mass is 398 g/mol. The van der Waals surface area contributed by atoms with Crippen molar-refractivity contribution in [2.24, 2.45) is 0 Å². The standard InChI is InChI=1S/C15H9BrCl2N2O2/c16-11-7-9(17)5-6-13(11)21-8-14-19-15(20-22-14)10-3-1-2-4-12(10)18/h1-7H,8H2. The molecule has 7 heteroatoms. The van der Waals surface area contributed by atoms with E-state index in [2.05, 4.69) is 26.1 Å². The zero-order valence-corrected chi connectivity index (χ0v) is 14.2. The summed E-state index contributed by atoms with van der Waals surface area (Å²) in [6.45, 7) is 0.150. The molecule has 0 saturated heterocycles. The zero-order valence-electron chi connectivity index (χ0n) is 11.1. The van der Waals surface area contributed by atoms with Gasteiger partial charge in [0.25, 0.3) is 5.89 Å². The predicted octanol–water partition coefficient (Wildman–Crippen LogP) is 5.38. The fraction of sp³-hybridized carbons (Fsp3) is 0.0667. The van der Waals surface area contributed by atoms with Gasteiger partial charge in [0.1, 0.15) is 5.75 Å². The molecule has 0 bridgehead atoms. The molecule has 1 aromatic heterocycles. The molecule has 0 aliphatic carbocycles. The van der Waals surface area contributed by atoms with Gasteiger partial charge < -0.3 is 9.26 Å². The number of ether oxygens (including phenoxy) is 1. The van der Waals surface area contributed by atoms with Crippen LogP contribution in [0.4, 0.5) is 0 Å². The first-order chi connectivity index (χ1) is 10.6. The summed E-state index contributed by atoms with van der Waals surface area (Å²) < 4.78 is 11.6. The Labute approximate surface area is 145 Å². The van der Waals surface area contributed by atoms with E-state index in [9.17, 15) is 0 Å². The van der Waals surface area contributed by atoms with Crippen molar-refractivity contribution in [3.05, 3.63) is 62.9 Å². The van der Waals surface area contributed by atoms with Gasteiger partial charge in [-0.05, 0) is 46.3 Å². The maximum Gasteiger partial charge on any atom is 0.264 e. The lowest BCUT2D eigenvalue weighted by Crippen LogP contribution is -1.96. The Morgan fingerprint density at radius 1 is 1.14 bits per heavy atom. The van der Waals surface area contributed by atoms with E-state index in [-0.39, 0.29) is 6.61 Å². The topological polar surface area (TPSA) is 48.2 Å². The van der Waals surface area contributed by atoms with Crippen LogP contribution >= 0.6 is 39.1 Å². The van der Waals surface area contributed by atoms with Gasteiger partial charge >= 0.3 is 0 Å². The summed E-state index contributed by atoms with van der Waals surface area (Å²) in [5.74, 6) is 1.43. The Morgan fingerprint density at radius 3 is 2.73 bits per heavy atom. The van der Waals surface area contributed by atoms with Crippen LogP contribution in [0.15, 0.2) is 51.5 Å². The van der Waals surface area contributed by atoms with Crippen LogP contribution in [-0.4, -0.2) is 10.1 Å². The second-order valence-corrected chi connectivity index (χ2v) is 6.05. The molecule has 0 aliphatic heterocycles. The maximum absolute atomic E-state index is 6.10. The fourth-order valence-electron chi connectivity index (χ4n) is 1.80. The molecular formula is C15H9BrCl2N2O2. The third kappa shape index (κ3) is 3.43. The normalized spacial score (nSPS) is 10.7. The largest absolute Gasteiger partial charge is 0.483 e. The van der Waals surface area contributed by atoms with Crippen molar-refractivity contribution in [2.45, 2.75) is 6.61 Å².